The molecular weight excluding hydrogens is 290 g/mol. The second kappa shape index (κ2) is 7.29. The number of carbonyl (C=O) groups excluding carboxylic acids is 1. The zero-order chi connectivity index (χ0) is 16.1. The molecule has 4 heteroatoms. The summed E-state index contributed by atoms with van der Waals surface area (Å²) in [5.41, 5.74) is 2.86. The van der Waals surface area contributed by atoms with Gasteiger partial charge in [-0.3, -0.25) is 4.79 Å². The maximum atomic E-state index is 12.5. The molecule has 2 aromatic rings. The first-order valence-corrected chi connectivity index (χ1v) is 7.89. The molecule has 1 aliphatic heterocycles. The van der Waals surface area contributed by atoms with Crippen molar-refractivity contribution in [3.8, 4) is 5.75 Å². The van der Waals surface area contributed by atoms with Crippen molar-refractivity contribution in [1.82, 2.24) is 5.32 Å². The van der Waals surface area contributed by atoms with Gasteiger partial charge < -0.3 is 14.8 Å². The van der Waals surface area contributed by atoms with Crippen molar-refractivity contribution in [1.29, 1.82) is 0 Å². The van der Waals surface area contributed by atoms with Crippen LogP contribution in [0.5, 0.6) is 5.75 Å². The number of hydrogen-bond donors (Lipinski definition) is 1. The number of ether oxygens (including phenoxy) is 2. The van der Waals surface area contributed by atoms with E-state index in [-0.39, 0.29) is 12.1 Å². The lowest BCUT2D eigenvalue weighted by Crippen LogP contribution is -2.37. The van der Waals surface area contributed by atoms with Crippen molar-refractivity contribution < 1.29 is 14.3 Å². The highest BCUT2D eigenvalue weighted by atomic mass is 16.5. The molecule has 4 nitrogen and oxygen atoms in total. The third-order valence-corrected chi connectivity index (χ3v) is 4.01. The first kappa shape index (κ1) is 15.6. The lowest BCUT2D eigenvalue weighted by atomic mass is 10.0. The predicted octanol–water partition coefficient (Wildman–Crippen LogP) is 2.96. The van der Waals surface area contributed by atoms with E-state index in [2.05, 4.69) is 5.32 Å². The van der Waals surface area contributed by atoms with Crippen molar-refractivity contribution >= 4 is 5.91 Å². The maximum Gasteiger partial charge on any atom is 0.253 e. The number of carbonyl (C=O) groups is 1. The summed E-state index contributed by atoms with van der Waals surface area (Å²) in [4.78, 5) is 12.5. The van der Waals surface area contributed by atoms with Crippen molar-refractivity contribution in [2.45, 2.75) is 25.5 Å². The number of aryl methyl sites for hydroxylation is 1. The van der Waals surface area contributed by atoms with Gasteiger partial charge in [0.25, 0.3) is 5.91 Å². The van der Waals surface area contributed by atoms with Gasteiger partial charge in [-0.05, 0) is 42.2 Å². The zero-order valence-electron chi connectivity index (χ0n) is 13.2. The smallest absolute Gasteiger partial charge is 0.253 e. The fraction of sp³-hybridized carbons (Fsp3) is 0.316. The number of fused-ring (bicyclic) bond motifs is 1. The highest BCUT2D eigenvalue weighted by Crippen LogP contribution is 2.25. The standard InChI is InChI=1S/C19H21NO3/c1-22-18(12-14-6-3-2-4-7-14)20-19(21)16-9-10-17-15(13-16)8-5-11-23-17/h2-4,6-7,9-10,13,18H,5,8,11-12H2,1H3,(H,20,21). The van der Waals surface area contributed by atoms with Crippen LogP contribution in [0.4, 0.5) is 0 Å². The minimum Gasteiger partial charge on any atom is -0.493 e. The molecule has 2 aromatic carbocycles. The van der Waals surface area contributed by atoms with Gasteiger partial charge in [-0.2, -0.15) is 0 Å². The van der Waals surface area contributed by atoms with Gasteiger partial charge in [0.15, 0.2) is 0 Å². The van der Waals surface area contributed by atoms with Crippen LogP contribution < -0.4 is 10.1 Å². The Bertz CT molecular complexity index is 670. The van der Waals surface area contributed by atoms with Gasteiger partial charge in [-0.15, -0.1) is 0 Å². The molecule has 1 unspecified atom stereocenters. The third kappa shape index (κ3) is 3.90. The average molecular weight is 311 g/mol. The van der Waals surface area contributed by atoms with Gasteiger partial charge in [-0.25, -0.2) is 0 Å². The lowest BCUT2D eigenvalue weighted by molar-refractivity contribution is 0.0581. The molecule has 23 heavy (non-hydrogen) atoms. The largest absolute Gasteiger partial charge is 0.493 e. The molecule has 1 amide bonds. The van der Waals surface area contributed by atoms with Crippen molar-refractivity contribution in [3.63, 3.8) is 0 Å². The Morgan fingerprint density at radius 1 is 1.26 bits per heavy atom. The fourth-order valence-electron chi connectivity index (χ4n) is 2.75. The molecule has 0 bridgehead atoms. The van der Waals surface area contributed by atoms with E-state index < -0.39 is 0 Å². The van der Waals surface area contributed by atoms with Crippen LogP contribution in [0.15, 0.2) is 48.5 Å². The quantitative estimate of drug-likeness (QED) is 0.864. The van der Waals surface area contributed by atoms with Gasteiger partial charge in [0.2, 0.25) is 0 Å². The third-order valence-electron chi connectivity index (χ3n) is 4.01. The van der Waals surface area contributed by atoms with Gasteiger partial charge in [0, 0.05) is 19.1 Å². The molecule has 3 rings (SSSR count). The monoisotopic (exact) mass is 311 g/mol. The van der Waals surface area contributed by atoms with E-state index in [0.717, 1.165) is 36.3 Å². The molecule has 1 aliphatic rings. The first-order chi connectivity index (χ1) is 11.3. The molecule has 0 radical (unpaired) electrons. The fourth-order valence-corrected chi connectivity index (χ4v) is 2.75. The van der Waals surface area contributed by atoms with E-state index >= 15 is 0 Å². The van der Waals surface area contributed by atoms with Gasteiger partial charge in [0.1, 0.15) is 12.0 Å². The van der Waals surface area contributed by atoms with Crippen LogP contribution in [0.25, 0.3) is 0 Å². The summed E-state index contributed by atoms with van der Waals surface area (Å²) in [5.74, 6) is 0.765. The second-order valence-electron chi connectivity index (χ2n) is 5.66. The Morgan fingerprint density at radius 2 is 2.09 bits per heavy atom. The molecule has 0 saturated heterocycles. The molecule has 0 aliphatic carbocycles. The summed E-state index contributed by atoms with van der Waals surface area (Å²) in [6.45, 7) is 0.751. The summed E-state index contributed by atoms with van der Waals surface area (Å²) in [5, 5.41) is 2.94. The second-order valence-corrected chi connectivity index (χ2v) is 5.66. The van der Waals surface area contributed by atoms with Gasteiger partial charge >= 0.3 is 0 Å². The molecule has 0 spiro atoms. The summed E-state index contributed by atoms with van der Waals surface area (Å²) < 4.78 is 11.0. The van der Waals surface area contributed by atoms with Crippen LogP contribution >= 0.6 is 0 Å². The number of methoxy groups -OCH3 is 1. The van der Waals surface area contributed by atoms with Crippen LogP contribution in [0.2, 0.25) is 0 Å². The van der Waals surface area contributed by atoms with E-state index in [4.69, 9.17) is 9.47 Å². The Hall–Kier alpha value is -2.33. The highest BCUT2D eigenvalue weighted by Gasteiger charge is 2.17. The Kier molecular flexibility index (Phi) is 4.93. The van der Waals surface area contributed by atoms with Gasteiger partial charge in [0.05, 0.1) is 6.61 Å². The Morgan fingerprint density at radius 3 is 2.87 bits per heavy atom. The maximum absolute atomic E-state index is 12.5. The molecular formula is C19H21NO3. The zero-order valence-corrected chi connectivity index (χ0v) is 13.2. The Balaban J connectivity index is 1.67. The van der Waals surface area contributed by atoms with Crippen LogP contribution in [0, 0.1) is 0 Å². The first-order valence-electron chi connectivity index (χ1n) is 7.89. The molecule has 0 saturated carbocycles. The number of rotatable bonds is 5. The van der Waals surface area contributed by atoms with Crippen LogP contribution in [0.3, 0.4) is 0 Å². The topological polar surface area (TPSA) is 47.6 Å². The summed E-state index contributed by atoms with van der Waals surface area (Å²) in [6.07, 6.45) is 2.23. The molecule has 1 heterocycles. The highest BCUT2D eigenvalue weighted by molar-refractivity contribution is 5.94. The Labute approximate surface area is 136 Å². The summed E-state index contributed by atoms with van der Waals surface area (Å²) in [7, 11) is 1.61. The van der Waals surface area contributed by atoms with Crippen LogP contribution in [-0.4, -0.2) is 25.9 Å². The van der Waals surface area contributed by atoms with Crippen molar-refractivity contribution in [2.75, 3.05) is 13.7 Å². The normalized spacial score (nSPS) is 14.5. The minimum atomic E-state index is -0.350. The van der Waals surface area contributed by atoms with Crippen LogP contribution in [-0.2, 0) is 17.6 Å². The van der Waals surface area contributed by atoms with E-state index in [9.17, 15) is 4.79 Å². The molecule has 1 N–H and O–H groups in total. The minimum absolute atomic E-state index is 0.124. The van der Waals surface area contributed by atoms with E-state index in [1.165, 1.54) is 0 Å². The summed E-state index contributed by atoms with van der Waals surface area (Å²) in [6, 6.07) is 15.6. The SMILES string of the molecule is COC(Cc1ccccc1)NC(=O)c1ccc2c(c1)CCCO2. The van der Waals surface area contributed by atoms with E-state index in [0.29, 0.717) is 12.0 Å². The van der Waals surface area contributed by atoms with Crippen molar-refractivity contribution in [3.05, 3.63) is 65.2 Å². The molecule has 0 aromatic heterocycles. The number of nitrogens with one attached hydrogen (secondary N) is 1. The van der Waals surface area contributed by atoms with E-state index in [1.807, 2.05) is 42.5 Å². The van der Waals surface area contributed by atoms with Gasteiger partial charge in [-0.1, -0.05) is 30.3 Å². The molecule has 0 fully saturated rings. The number of benzene rings is 2. The van der Waals surface area contributed by atoms with Crippen LogP contribution in [0.1, 0.15) is 27.9 Å². The van der Waals surface area contributed by atoms with E-state index in [1.54, 1.807) is 13.2 Å². The number of hydrogen-bond acceptors (Lipinski definition) is 3. The number of amides is 1. The summed E-state index contributed by atoms with van der Waals surface area (Å²) >= 11 is 0. The molecule has 1 atom stereocenters. The van der Waals surface area contributed by atoms with Crippen molar-refractivity contribution in [2.24, 2.45) is 0 Å². The predicted molar refractivity (Wildman–Crippen MR) is 88.7 cm³/mol. The molecule has 120 valence electrons. The average Bonchev–Trinajstić information content (AvgIpc) is 2.61. The lowest BCUT2D eigenvalue weighted by Gasteiger charge is -2.20.